The lowest BCUT2D eigenvalue weighted by atomic mass is 9.78. The normalized spacial score (nSPS) is 33.0. The Morgan fingerprint density at radius 3 is 3.05 bits per heavy atom. The predicted molar refractivity (Wildman–Crippen MR) is 83.7 cm³/mol. The van der Waals surface area contributed by atoms with Gasteiger partial charge in [0.25, 0.3) is 0 Å². The molecule has 4 heterocycles. The van der Waals surface area contributed by atoms with Crippen LogP contribution in [0.15, 0.2) is 24.5 Å². The van der Waals surface area contributed by atoms with E-state index in [0.29, 0.717) is 11.9 Å². The zero-order chi connectivity index (χ0) is 15.0. The summed E-state index contributed by atoms with van der Waals surface area (Å²) < 4.78 is 5.53. The van der Waals surface area contributed by atoms with Crippen molar-refractivity contribution in [3.8, 4) is 0 Å². The molecule has 22 heavy (non-hydrogen) atoms. The maximum atomic E-state index is 13.1. The third kappa shape index (κ3) is 2.32. The van der Waals surface area contributed by atoms with Crippen LogP contribution in [0.3, 0.4) is 0 Å². The van der Waals surface area contributed by atoms with Crippen LogP contribution in [0.1, 0.15) is 25.7 Å². The van der Waals surface area contributed by atoms with Crippen molar-refractivity contribution in [3.05, 3.63) is 24.5 Å². The van der Waals surface area contributed by atoms with E-state index < -0.39 is 0 Å². The fraction of sp³-hybridized carbons (Fsp3) is 0.647. The largest absolute Gasteiger partial charge is 0.380 e. The van der Waals surface area contributed by atoms with Gasteiger partial charge in [-0.2, -0.15) is 0 Å². The van der Waals surface area contributed by atoms with Crippen molar-refractivity contribution < 1.29 is 9.53 Å². The minimum Gasteiger partial charge on any atom is -0.380 e. The van der Waals surface area contributed by atoms with Gasteiger partial charge in [-0.3, -0.25) is 14.7 Å². The highest BCUT2D eigenvalue weighted by Gasteiger charge is 2.50. The van der Waals surface area contributed by atoms with E-state index in [2.05, 4.69) is 9.88 Å². The number of anilines is 1. The molecule has 0 N–H and O–H groups in total. The van der Waals surface area contributed by atoms with Crippen LogP contribution in [0, 0.1) is 5.41 Å². The van der Waals surface area contributed by atoms with Crippen LogP contribution >= 0.6 is 0 Å². The van der Waals surface area contributed by atoms with E-state index in [0.717, 1.165) is 64.2 Å². The highest BCUT2D eigenvalue weighted by Crippen LogP contribution is 2.42. The molecule has 1 aromatic rings. The lowest BCUT2D eigenvalue weighted by Crippen LogP contribution is -2.51. The Labute approximate surface area is 131 Å². The first-order valence-electron chi connectivity index (χ1n) is 8.32. The number of rotatable bonds is 2. The van der Waals surface area contributed by atoms with Crippen LogP contribution in [0.25, 0.3) is 0 Å². The molecule has 3 aliphatic heterocycles. The van der Waals surface area contributed by atoms with Crippen molar-refractivity contribution in [2.24, 2.45) is 5.41 Å². The van der Waals surface area contributed by atoms with Crippen molar-refractivity contribution in [2.75, 3.05) is 37.7 Å². The van der Waals surface area contributed by atoms with Gasteiger partial charge in [0.05, 0.1) is 23.9 Å². The number of carbonyl (C=O) groups excluding carboxylic acids is 1. The minimum absolute atomic E-state index is 0.184. The third-order valence-corrected chi connectivity index (χ3v) is 5.50. The van der Waals surface area contributed by atoms with Gasteiger partial charge in [-0.1, -0.05) is 0 Å². The quantitative estimate of drug-likeness (QED) is 0.834. The van der Waals surface area contributed by atoms with Gasteiger partial charge < -0.3 is 9.64 Å². The van der Waals surface area contributed by atoms with Crippen molar-refractivity contribution in [1.82, 2.24) is 9.88 Å². The summed E-state index contributed by atoms with van der Waals surface area (Å²) in [6.07, 6.45) is 7.75. The second-order valence-corrected chi connectivity index (χ2v) is 6.79. The zero-order valence-corrected chi connectivity index (χ0v) is 12.9. The number of hydrogen-bond donors (Lipinski definition) is 0. The summed E-state index contributed by atoms with van der Waals surface area (Å²) >= 11 is 0. The lowest BCUT2D eigenvalue weighted by molar-refractivity contribution is -0.129. The van der Waals surface area contributed by atoms with E-state index in [1.54, 1.807) is 12.4 Å². The number of likely N-dealkylation sites (tertiary alicyclic amines) is 1. The first-order chi connectivity index (χ1) is 10.8. The van der Waals surface area contributed by atoms with Crippen LogP contribution in [-0.2, 0) is 9.53 Å². The first-order valence-corrected chi connectivity index (χ1v) is 8.32. The number of aromatic nitrogens is 1. The number of pyridine rings is 1. The molecule has 5 nitrogen and oxygen atoms in total. The Morgan fingerprint density at radius 1 is 1.32 bits per heavy atom. The molecule has 0 unspecified atom stereocenters. The van der Waals surface area contributed by atoms with Gasteiger partial charge in [0.1, 0.15) is 0 Å². The van der Waals surface area contributed by atoms with E-state index in [9.17, 15) is 4.79 Å². The third-order valence-electron chi connectivity index (χ3n) is 5.50. The van der Waals surface area contributed by atoms with Crippen molar-refractivity contribution in [3.63, 3.8) is 0 Å². The molecule has 5 heteroatoms. The molecular weight excluding hydrogens is 278 g/mol. The van der Waals surface area contributed by atoms with E-state index >= 15 is 0 Å². The number of hydrogen-bond acceptors (Lipinski definition) is 4. The maximum Gasteiger partial charge on any atom is 0.234 e. The standard InChI is InChI=1S/C17H23N3O2/c21-16-17(6-9-20(16)14-3-1-7-18-11-14)5-2-8-19(13-17)15-4-10-22-12-15/h1,3,7,11,15H,2,4-6,8-10,12-13H2/t15-,17+/m1/s1. The SMILES string of the molecule is O=C1N(c2cccnc2)CC[C@]12CCCN([C@@H]1CCOC1)C2. The molecule has 2 atom stereocenters. The summed E-state index contributed by atoms with van der Waals surface area (Å²) in [5, 5.41) is 0. The Kier molecular flexibility index (Phi) is 3.62. The molecule has 0 aromatic carbocycles. The van der Waals surface area contributed by atoms with E-state index in [4.69, 9.17) is 4.74 Å². The van der Waals surface area contributed by atoms with Gasteiger partial charge in [-0.25, -0.2) is 0 Å². The summed E-state index contributed by atoms with van der Waals surface area (Å²) in [6, 6.07) is 4.39. The Balaban J connectivity index is 1.53. The van der Waals surface area contributed by atoms with Gasteiger partial charge >= 0.3 is 0 Å². The fourth-order valence-corrected chi connectivity index (χ4v) is 4.25. The zero-order valence-electron chi connectivity index (χ0n) is 12.9. The van der Waals surface area contributed by atoms with Crippen molar-refractivity contribution in [2.45, 2.75) is 31.7 Å². The van der Waals surface area contributed by atoms with Gasteiger partial charge in [-0.05, 0) is 44.4 Å². The minimum atomic E-state index is -0.184. The number of nitrogens with zero attached hydrogens (tertiary/aromatic N) is 3. The van der Waals surface area contributed by atoms with Crippen molar-refractivity contribution >= 4 is 11.6 Å². The number of piperidine rings is 1. The summed E-state index contributed by atoms with van der Waals surface area (Å²) in [5.74, 6) is 0.295. The highest BCUT2D eigenvalue weighted by atomic mass is 16.5. The van der Waals surface area contributed by atoms with Gasteiger partial charge in [-0.15, -0.1) is 0 Å². The van der Waals surface area contributed by atoms with E-state index in [-0.39, 0.29) is 5.41 Å². The Morgan fingerprint density at radius 2 is 2.27 bits per heavy atom. The molecule has 3 saturated heterocycles. The monoisotopic (exact) mass is 301 g/mol. The molecule has 1 amide bonds. The van der Waals surface area contributed by atoms with E-state index in [1.165, 1.54) is 0 Å². The number of carbonyl (C=O) groups is 1. The van der Waals surface area contributed by atoms with Gasteiger partial charge in [0, 0.05) is 31.9 Å². The maximum absolute atomic E-state index is 13.1. The average molecular weight is 301 g/mol. The Hall–Kier alpha value is -1.46. The van der Waals surface area contributed by atoms with Crippen LogP contribution in [0.4, 0.5) is 5.69 Å². The summed E-state index contributed by atoms with van der Waals surface area (Å²) in [6.45, 7) is 4.52. The number of amides is 1. The topological polar surface area (TPSA) is 45.7 Å². The molecule has 0 saturated carbocycles. The molecule has 0 bridgehead atoms. The van der Waals surface area contributed by atoms with Crippen molar-refractivity contribution in [1.29, 1.82) is 0 Å². The molecule has 118 valence electrons. The highest BCUT2D eigenvalue weighted by molar-refractivity contribution is 6.00. The molecule has 3 fully saturated rings. The summed E-state index contributed by atoms with van der Waals surface area (Å²) in [5.41, 5.74) is 0.752. The fourth-order valence-electron chi connectivity index (χ4n) is 4.25. The molecule has 4 rings (SSSR count). The number of ether oxygens (including phenoxy) is 1. The summed E-state index contributed by atoms with van der Waals surface area (Å²) in [7, 11) is 0. The smallest absolute Gasteiger partial charge is 0.234 e. The average Bonchev–Trinajstić information content (AvgIpc) is 3.19. The predicted octanol–water partition coefficient (Wildman–Crippen LogP) is 1.69. The molecule has 0 aliphatic carbocycles. The second kappa shape index (κ2) is 5.63. The molecular formula is C17H23N3O2. The lowest BCUT2D eigenvalue weighted by Gasteiger charge is -2.41. The second-order valence-electron chi connectivity index (χ2n) is 6.79. The van der Waals surface area contributed by atoms with Crippen LogP contribution in [-0.4, -0.2) is 54.7 Å². The van der Waals surface area contributed by atoms with Crippen LogP contribution in [0.2, 0.25) is 0 Å². The molecule has 1 aromatic heterocycles. The van der Waals surface area contributed by atoms with Gasteiger partial charge in [0.2, 0.25) is 5.91 Å². The molecule has 0 radical (unpaired) electrons. The molecule has 3 aliphatic rings. The molecule has 1 spiro atoms. The van der Waals surface area contributed by atoms with E-state index in [1.807, 2.05) is 17.0 Å². The van der Waals surface area contributed by atoms with Gasteiger partial charge in [0.15, 0.2) is 0 Å². The van der Waals surface area contributed by atoms with Crippen LogP contribution in [0.5, 0.6) is 0 Å². The summed E-state index contributed by atoms with van der Waals surface area (Å²) in [4.78, 5) is 21.7. The Bertz CT molecular complexity index is 544. The van der Waals surface area contributed by atoms with Crippen LogP contribution < -0.4 is 4.90 Å². The first kappa shape index (κ1) is 14.2.